The van der Waals surface area contributed by atoms with E-state index in [-0.39, 0.29) is 22.9 Å². The molecule has 0 unspecified atom stereocenters. The van der Waals surface area contributed by atoms with Crippen LogP contribution in [0.4, 0.5) is 11.4 Å². The van der Waals surface area contributed by atoms with Gasteiger partial charge in [-0.15, -0.1) is 0 Å². The third kappa shape index (κ3) is 5.24. The highest BCUT2D eigenvalue weighted by molar-refractivity contribution is 7.81. The molecule has 4 rings (SSSR count). The third-order valence-corrected chi connectivity index (χ3v) is 5.96. The highest BCUT2D eigenvalue weighted by Gasteiger charge is 2.24. The maximum atomic E-state index is 12.8. The molecule has 3 aromatic rings. The number of thiocarbonyl (C=S) groups is 1. The summed E-state index contributed by atoms with van der Waals surface area (Å²) in [5.41, 5.74) is 3.42. The average Bonchev–Trinajstić information content (AvgIpc) is 3.20. The fourth-order valence-electron chi connectivity index (χ4n) is 3.59. The van der Waals surface area contributed by atoms with E-state index in [4.69, 9.17) is 12.2 Å². The van der Waals surface area contributed by atoms with Gasteiger partial charge in [-0.25, -0.2) is 0 Å². The first-order chi connectivity index (χ1) is 17.2. The number of nitrogens with one attached hydrogen (secondary N) is 2. The predicted molar refractivity (Wildman–Crippen MR) is 143 cm³/mol. The molecule has 0 spiro atoms. The summed E-state index contributed by atoms with van der Waals surface area (Å²) in [6.45, 7) is 3.56. The minimum atomic E-state index is -0.583. The molecular weight excluding hydrogens is 474 g/mol. The van der Waals surface area contributed by atoms with Crippen molar-refractivity contribution in [2.45, 2.75) is 13.8 Å². The molecule has 1 aliphatic heterocycles. The second-order valence-corrected chi connectivity index (χ2v) is 8.61. The van der Waals surface area contributed by atoms with Crippen molar-refractivity contribution in [2.75, 3.05) is 10.6 Å². The summed E-state index contributed by atoms with van der Waals surface area (Å²) < 4.78 is 1.52. The molecule has 1 aromatic heterocycles. The van der Waals surface area contributed by atoms with Crippen LogP contribution in [0, 0.1) is 31.6 Å². The van der Waals surface area contributed by atoms with Crippen molar-refractivity contribution >= 4 is 46.5 Å². The van der Waals surface area contributed by atoms with Gasteiger partial charge in [0.25, 0.3) is 11.8 Å². The number of para-hydroxylation sites is 2. The van der Waals surface area contributed by atoms with E-state index in [9.17, 15) is 14.7 Å². The van der Waals surface area contributed by atoms with Gasteiger partial charge in [-0.3, -0.25) is 19.3 Å². The van der Waals surface area contributed by atoms with Gasteiger partial charge in [0.15, 0.2) is 0 Å². The molecule has 3 N–H and O–H groups in total. The summed E-state index contributed by atoms with van der Waals surface area (Å²) in [5.74, 6) is 4.72. The van der Waals surface area contributed by atoms with Crippen LogP contribution >= 0.6 is 12.2 Å². The van der Waals surface area contributed by atoms with Crippen LogP contribution in [0.5, 0.6) is 5.75 Å². The molecular formula is C27H23N5O3S. The number of phenols is 1. The van der Waals surface area contributed by atoms with E-state index < -0.39 is 11.8 Å². The van der Waals surface area contributed by atoms with Crippen molar-refractivity contribution in [1.82, 2.24) is 9.78 Å². The Labute approximate surface area is 213 Å². The first kappa shape index (κ1) is 24.6. The molecule has 0 saturated carbocycles. The Morgan fingerprint density at radius 2 is 1.78 bits per heavy atom. The number of aromatic hydroxyl groups is 1. The Hall–Kier alpha value is -4.55. The molecule has 0 radical (unpaired) electrons. The van der Waals surface area contributed by atoms with Crippen LogP contribution in [0.25, 0.3) is 0 Å². The van der Waals surface area contributed by atoms with Gasteiger partial charge < -0.3 is 15.7 Å². The number of anilines is 2. The van der Waals surface area contributed by atoms with Crippen molar-refractivity contribution in [1.29, 1.82) is 0 Å². The normalized spacial score (nSPS) is 14.5. The van der Waals surface area contributed by atoms with E-state index in [2.05, 4.69) is 32.6 Å². The summed E-state index contributed by atoms with van der Waals surface area (Å²) in [4.78, 5) is 30.0. The summed E-state index contributed by atoms with van der Waals surface area (Å²) in [6.07, 6.45) is 2.95. The second-order valence-electron chi connectivity index (χ2n) is 8.17. The minimum absolute atomic E-state index is 0.00652. The lowest BCUT2D eigenvalue weighted by molar-refractivity contribution is -0.112. The summed E-state index contributed by atoms with van der Waals surface area (Å²) >= 11 is 5.53. The number of aliphatic imine (C=N–C) groups is 1. The lowest BCUT2D eigenvalue weighted by Crippen LogP contribution is -2.26. The number of benzene rings is 2. The predicted octanol–water partition coefficient (Wildman–Crippen LogP) is 3.94. The maximum absolute atomic E-state index is 12.8. The SMILES string of the molecule is Cc1cc(C(=O)Nc2ccccc2C#C[C@H]2C=NC=C(C(=O)Nc3cccc(C)c3O)C2=S)n(C)n1. The van der Waals surface area contributed by atoms with Crippen LogP contribution in [-0.4, -0.2) is 37.8 Å². The molecule has 180 valence electrons. The fraction of sp³-hybridized carbons (Fsp3) is 0.148. The molecule has 0 fully saturated rings. The van der Waals surface area contributed by atoms with E-state index in [0.29, 0.717) is 27.4 Å². The van der Waals surface area contributed by atoms with Crippen LogP contribution in [0.2, 0.25) is 0 Å². The standard InChI is InChI=1S/C27H23N5O3S/c1-16-7-6-10-22(24(16)33)30-26(34)20-15-28-14-19(25(20)36)12-11-18-8-4-5-9-21(18)29-27(35)23-13-17(2)31-32(23)3/h4-10,13-15,19,33H,1-3H3,(H,29,35)(H,30,34)/t19-/m0/s1. The van der Waals surface area contributed by atoms with E-state index in [0.717, 1.165) is 5.69 Å². The van der Waals surface area contributed by atoms with Crippen LogP contribution in [0.3, 0.4) is 0 Å². The van der Waals surface area contributed by atoms with Crippen LogP contribution in [0.1, 0.15) is 27.3 Å². The minimum Gasteiger partial charge on any atom is -0.505 e. The number of carbonyl (C=O) groups is 2. The molecule has 2 heterocycles. The third-order valence-electron chi connectivity index (χ3n) is 5.49. The van der Waals surface area contributed by atoms with Crippen molar-refractivity contribution in [3.63, 3.8) is 0 Å². The first-order valence-corrected chi connectivity index (χ1v) is 11.5. The number of phenolic OH excluding ortho intramolecular Hbond substituents is 1. The van der Waals surface area contributed by atoms with Crippen molar-refractivity contribution in [3.8, 4) is 17.6 Å². The van der Waals surface area contributed by atoms with Gasteiger partial charge in [0, 0.05) is 29.9 Å². The van der Waals surface area contributed by atoms with Crippen LogP contribution in [0.15, 0.2) is 65.3 Å². The molecule has 1 atom stereocenters. The first-order valence-electron chi connectivity index (χ1n) is 11.0. The topological polar surface area (TPSA) is 109 Å². The molecule has 0 saturated heterocycles. The van der Waals surface area contributed by atoms with Gasteiger partial charge in [0.1, 0.15) is 11.4 Å². The zero-order valence-corrected chi connectivity index (χ0v) is 20.7. The van der Waals surface area contributed by atoms with Gasteiger partial charge in [0.05, 0.1) is 28.6 Å². The summed E-state index contributed by atoms with van der Waals surface area (Å²) in [6, 6.07) is 13.9. The van der Waals surface area contributed by atoms with Gasteiger partial charge in [-0.2, -0.15) is 5.10 Å². The molecule has 0 aliphatic carbocycles. The molecule has 36 heavy (non-hydrogen) atoms. The number of aromatic nitrogens is 2. The smallest absolute Gasteiger partial charge is 0.273 e. The highest BCUT2D eigenvalue weighted by Crippen LogP contribution is 2.27. The number of amides is 2. The Kier molecular flexibility index (Phi) is 7.08. The Morgan fingerprint density at radius 3 is 2.53 bits per heavy atom. The Bertz CT molecular complexity index is 1510. The zero-order valence-electron chi connectivity index (χ0n) is 19.9. The van der Waals surface area contributed by atoms with E-state index in [1.807, 2.05) is 13.0 Å². The summed E-state index contributed by atoms with van der Waals surface area (Å²) in [5, 5.41) is 20.0. The zero-order chi connectivity index (χ0) is 25.8. The van der Waals surface area contributed by atoms with Crippen molar-refractivity contribution in [3.05, 3.63) is 82.8 Å². The maximum Gasteiger partial charge on any atom is 0.273 e. The van der Waals surface area contributed by atoms with E-state index in [1.165, 1.54) is 10.9 Å². The number of hydrogen-bond donors (Lipinski definition) is 3. The fourth-order valence-corrected chi connectivity index (χ4v) is 3.86. The molecule has 8 nitrogen and oxygen atoms in total. The molecule has 2 aromatic carbocycles. The van der Waals surface area contributed by atoms with Gasteiger partial charge in [-0.05, 0) is 43.7 Å². The molecule has 9 heteroatoms. The Morgan fingerprint density at radius 1 is 1.06 bits per heavy atom. The van der Waals surface area contributed by atoms with Gasteiger partial charge in [-0.1, -0.05) is 48.3 Å². The number of rotatable bonds is 4. The number of nitrogens with zero attached hydrogens (tertiary/aromatic N) is 3. The number of carbonyl (C=O) groups excluding carboxylic acids is 2. The van der Waals surface area contributed by atoms with Crippen molar-refractivity contribution in [2.24, 2.45) is 18.0 Å². The second kappa shape index (κ2) is 10.4. The van der Waals surface area contributed by atoms with E-state index in [1.54, 1.807) is 62.7 Å². The molecule has 0 bridgehead atoms. The highest BCUT2D eigenvalue weighted by atomic mass is 32.1. The largest absolute Gasteiger partial charge is 0.505 e. The lowest BCUT2D eigenvalue weighted by Gasteiger charge is -2.16. The van der Waals surface area contributed by atoms with Crippen molar-refractivity contribution < 1.29 is 14.7 Å². The quantitative estimate of drug-likeness (QED) is 0.287. The molecule has 1 aliphatic rings. The van der Waals surface area contributed by atoms with Crippen LogP contribution < -0.4 is 10.6 Å². The lowest BCUT2D eigenvalue weighted by atomic mass is 9.97. The Balaban J connectivity index is 1.51. The number of aryl methyl sites for hydroxylation is 3. The number of hydrogen-bond acceptors (Lipinski definition) is 6. The monoisotopic (exact) mass is 497 g/mol. The van der Waals surface area contributed by atoms with Gasteiger partial charge in [0.2, 0.25) is 0 Å². The average molecular weight is 498 g/mol. The summed E-state index contributed by atoms with van der Waals surface area (Å²) in [7, 11) is 1.71. The van der Waals surface area contributed by atoms with E-state index >= 15 is 0 Å². The van der Waals surface area contributed by atoms with Crippen LogP contribution in [-0.2, 0) is 11.8 Å². The molecule has 2 amide bonds. The van der Waals surface area contributed by atoms with Gasteiger partial charge >= 0.3 is 0 Å².